The van der Waals surface area contributed by atoms with Gasteiger partial charge in [0, 0.05) is 23.9 Å². The summed E-state index contributed by atoms with van der Waals surface area (Å²) in [5.41, 5.74) is 7.33. The molecule has 1 aromatic carbocycles. The molecule has 2 rings (SSSR count). The molecule has 0 spiro atoms. The van der Waals surface area contributed by atoms with Crippen LogP contribution < -0.4 is 20.6 Å². The van der Waals surface area contributed by atoms with Crippen molar-refractivity contribution in [1.82, 2.24) is 9.78 Å². The Labute approximate surface area is 123 Å². The van der Waals surface area contributed by atoms with Gasteiger partial charge < -0.3 is 15.2 Å². The third kappa shape index (κ3) is 2.90. The highest BCUT2D eigenvalue weighted by atomic mass is 16.5. The zero-order valence-corrected chi connectivity index (χ0v) is 12.6. The van der Waals surface area contributed by atoms with Gasteiger partial charge in [0.25, 0.3) is 0 Å². The lowest BCUT2D eigenvalue weighted by Crippen LogP contribution is -2.24. The molecule has 0 aliphatic heterocycles. The first kappa shape index (κ1) is 15.1. The van der Waals surface area contributed by atoms with Gasteiger partial charge in [-0.1, -0.05) is 0 Å². The normalized spacial score (nSPS) is 12.0. The number of hydrogen-bond acceptors (Lipinski definition) is 5. The molecule has 0 aliphatic carbocycles. The van der Waals surface area contributed by atoms with Gasteiger partial charge in [-0.15, -0.1) is 0 Å². The first-order chi connectivity index (χ1) is 9.97. The fourth-order valence-electron chi connectivity index (χ4n) is 2.08. The standard InChI is InChI=1S/C15H19N3O3/c1-9-7-13(19)15(10(2)16)17-18(9)12-8-11(20-3)5-6-14(12)21-4/h5-8,10H,16H2,1-4H3. The van der Waals surface area contributed by atoms with Gasteiger partial charge in [-0.05, 0) is 26.0 Å². The highest BCUT2D eigenvalue weighted by Crippen LogP contribution is 2.27. The van der Waals surface area contributed by atoms with Crippen LogP contribution in [0.4, 0.5) is 0 Å². The minimum Gasteiger partial charge on any atom is -0.497 e. The maximum absolute atomic E-state index is 11.9. The Hall–Kier alpha value is -2.34. The Morgan fingerprint density at radius 3 is 2.52 bits per heavy atom. The van der Waals surface area contributed by atoms with Crippen molar-refractivity contribution in [2.45, 2.75) is 19.9 Å². The lowest BCUT2D eigenvalue weighted by molar-refractivity contribution is 0.400. The zero-order chi connectivity index (χ0) is 15.6. The molecule has 21 heavy (non-hydrogen) atoms. The predicted octanol–water partition coefficient (Wildman–Crippen LogP) is 1.58. The summed E-state index contributed by atoms with van der Waals surface area (Å²) >= 11 is 0. The molecule has 0 amide bonds. The molecule has 0 saturated carbocycles. The van der Waals surface area contributed by atoms with Crippen molar-refractivity contribution >= 4 is 0 Å². The number of methoxy groups -OCH3 is 2. The summed E-state index contributed by atoms with van der Waals surface area (Å²) in [5, 5.41) is 4.37. The topological polar surface area (TPSA) is 79.4 Å². The maximum atomic E-state index is 11.9. The third-order valence-electron chi connectivity index (χ3n) is 3.18. The summed E-state index contributed by atoms with van der Waals surface area (Å²) in [4.78, 5) is 11.9. The zero-order valence-electron chi connectivity index (χ0n) is 12.6. The SMILES string of the molecule is COc1ccc(OC)c(-n2nc(C(C)N)c(=O)cc2C)c1. The van der Waals surface area contributed by atoms with E-state index < -0.39 is 6.04 Å². The van der Waals surface area contributed by atoms with Crippen molar-refractivity contribution in [3.63, 3.8) is 0 Å². The van der Waals surface area contributed by atoms with E-state index in [0.29, 0.717) is 28.6 Å². The van der Waals surface area contributed by atoms with E-state index in [-0.39, 0.29) is 5.43 Å². The fraction of sp³-hybridized carbons (Fsp3) is 0.333. The molecular formula is C15H19N3O3. The quantitative estimate of drug-likeness (QED) is 0.924. The van der Waals surface area contributed by atoms with E-state index in [1.807, 2.05) is 0 Å². The molecule has 0 bridgehead atoms. The first-order valence-corrected chi connectivity index (χ1v) is 6.56. The van der Waals surface area contributed by atoms with E-state index in [0.717, 1.165) is 0 Å². The molecule has 1 unspecified atom stereocenters. The van der Waals surface area contributed by atoms with Crippen molar-refractivity contribution in [2.75, 3.05) is 14.2 Å². The average Bonchev–Trinajstić information content (AvgIpc) is 2.46. The van der Waals surface area contributed by atoms with Crippen molar-refractivity contribution in [1.29, 1.82) is 0 Å². The van der Waals surface area contributed by atoms with E-state index in [1.54, 1.807) is 50.9 Å². The Kier molecular flexibility index (Phi) is 4.28. The van der Waals surface area contributed by atoms with Crippen LogP contribution in [0, 0.1) is 6.92 Å². The molecule has 2 aromatic rings. The smallest absolute Gasteiger partial charge is 0.205 e. The lowest BCUT2D eigenvalue weighted by Gasteiger charge is -2.16. The largest absolute Gasteiger partial charge is 0.497 e. The van der Waals surface area contributed by atoms with E-state index in [2.05, 4.69) is 5.10 Å². The van der Waals surface area contributed by atoms with E-state index >= 15 is 0 Å². The van der Waals surface area contributed by atoms with Crippen LogP contribution in [0.1, 0.15) is 24.4 Å². The number of benzene rings is 1. The van der Waals surface area contributed by atoms with Crippen molar-refractivity contribution in [3.05, 3.63) is 45.9 Å². The van der Waals surface area contributed by atoms with Crippen molar-refractivity contribution < 1.29 is 9.47 Å². The number of hydrogen-bond donors (Lipinski definition) is 1. The van der Waals surface area contributed by atoms with Crippen LogP contribution in [0.15, 0.2) is 29.1 Å². The van der Waals surface area contributed by atoms with Gasteiger partial charge in [0.2, 0.25) is 5.43 Å². The molecule has 1 heterocycles. The second-order valence-electron chi connectivity index (χ2n) is 4.77. The Balaban J connectivity index is 2.71. The molecule has 6 heteroatoms. The highest BCUT2D eigenvalue weighted by Gasteiger charge is 2.14. The van der Waals surface area contributed by atoms with Crippen LogP contribution in [-0.4, -0.2) is 24.0 Å². The summed E-state index contributed by atoms with van der Waals surface area (Å²) in [7, 11) is 3.17. The molecule has 1 atom stereocenters. The molecule has 0 radical (unpaired) electrons. The average molecular weight is 289 g/mol. The number of aryl methyl sites for hydroxylation is 1. The van der Waals surface area contributed by atoms with Crippen LogP contribution in [0.3, 0.4) is 0 Å². The van der Waals surface area contributed by atoms with Crippen LogP contribution >= 0.6 is 0 Å². The highest BCUT2D eigenvalue weighted by molar-refractivity contribution is 5.51. The molecule has 0 fully saturated rings. The number of nitrogens with two attached hydrogens (primary N) is 1. The van der Waals surface area contributed by atoms with Gasteiger partial charge in [-0.3, -0.25) is 4.79 Å². The second-order valence-corrected chi connectivity index (χ2v) is 4.77. The molecule has 112 valence electrons. The van der Waals surface area contributed by atoms with Crippen LogP contribution in [0.2, 0.25) is 0 Å². The minimum absolute atomic E-state index is 0.166. The number of ether oxygens (including phenoxy) is 2. The monoisotopic (exact) mass is 289 g/mol. The fourth-order valence-corrected chi connectivity index (χ4v) is 2.08. The Bertz CT molecular complexity index is 708. The van der Waals surface area contributed by atoms with Crippen LogP contribution in [0.5, 0.6) is 11.5 Å². The third-order valence-corrected chi connectivity index (χ3v) is 3.18. The molecule has 1 aromatic heterocycles. The first-order valence-electron chi connectivity index (χ1n) is 6.56. The number of aromatic nitrogens is 2. The summed E-state index contributed by atoms with van der Waals surface area (Å²) in [5.74, 6) is 1.30. The number of rotatable bonds is 4. The van der Waals surface area contributed by atoms with Gasteiger partial charge in [0.1, 0.15) is 22.9 Å². The Morgan fingerprint density at radius 1 is 1.24 bits per heavy atom. The van der Waals surface area contributed by atoms with E-state index in [4.69, 9.17) is 15.2 Å². The van der Waals surface area contributed by atoms with E-state index in [9.17, 15) is 4.79 Å². The van der Waals surface area contributed by atoms with Gasteiger partial charge in [-0.25, -0.2) is 4.68 Å². The molecular weight excluding hydrogens is 270 g/mol. The van der Waals surface area contributed by atoms with Crippen molar-refractivity contribution in [2.24, 2.45) is 5.73 Å². The summed E-state index contributed by atoms with van der Waals surface area (Å²) in [6, 6.07) is 6.46. The van der Waals surface area contributed by atoms with Gasteiger partial charge in [-0.2, -0.15) is 5.10 Å². The van der Waals surface area contributed by atoms with Gasteiger partial charge >= 0.3 is 0 Å². The minimum atomic E-state index is -0.444. The Morgan fingerprint density at radius 2 is 1.95 bits per heavy atom. The van der Waals surface area contributed by atoms with E-state index in [1.165, 1.54) is 6.07 Å². The lowest BCUT2D eigenvalue weighted by atomic mass is 10.2. The van der Waals surface area contributed by atoms with Crippen molar-refractivity contribution in [3.8, 4) is 17.2 Å². The molecule has 0 aliphatic rings. The molecule has 0 saturated heterocycles. The number of nitrogens with zero attached hydrogens (tertiary/aromatic N) is 2. The maximum Gasteiger partial charge on any atom is 0.205 e. The van der Waals surface area contributed by atoms with Gasteiger partial charge in [0.15, 0.2) is 0 Å². The molecule has 2 N–H and O–H groups in total. The van der Waals surface area contributed by atoms with Crippen LogP contribution in [-0.2, 0) is 0 Å². The van der Waals surface area contributed by atoms with Crippen LogP contribution in [0.25, 0.3) is 5.69 Å². The summed E-state index contributed by atoms with van der Waals surface area (Å²) < 4.78 is 12.2. The summed E-state index contributed by atoms with van der Waals surface area (Å²) in [6.07, 6.45) is 0. The molecule has 6 nitrogen and oxygen atoms in total. The van der Waals surface area contributed by atoms with Gasteiger partial charge in [0.05, 0.1) is 14.2 Å². The summed E-state index contributed by atoms with van der Waals surface area (Å²) in [6.45, 7) is 3.53. The predicted molar refractivity (Wildman–Crippen MR) is 80.3 cm³/mol. The second kappa shape index (κ2) is 5.97.